The van der Waals surface area contributed by atoms with Crippen LogP contribution in [0.15, 0.2) is 70.9 Å². The van der Waals surface area contributed by atoms with Gasteiger partial charge >= 0.3 is 0 Å². The molecule has 1 heterocycles. The summed E-state index contributed by atoms with van der Waals surface area (Å²) >= 11 is 7.24. The number of anilines is 1. The highest BCUT2D eigenvalue weighted by molar-refractivity contribution is 7.90. The molecule has 0 aliphatic heterocycles. The molecule has 1 N–H and O–H groups in total. The SMILES string of the molecule is CS(=O)(=O)c1cc(C(=O)Nc2nc(-c3ccc4ccccc4c3)cs2)ccc1Cl. The summed E-state index contributed by atoms with van der Waals surface area (Å²) in [6, 6.07) is 18.3. The summed E-state index contributed by atoms with van der Waals surface area (Å²) < 4.78 is 23.6. The highest BCUT2D eigenvalue weighted by Crippen LogP contribution is 2.28. The van der Waals surface area contributed by atoms with Crippen LogP contribution in [-0.4, -0.2) is 25.6 Å². The van der Waals surface area contributed by atoms with E-state index in [1.165, 1.54) is 29.5 Å². The smallest absolute Gasteiger partial charge is 0.257 e. The summed E-state index contributed by atoms with van der Waals surface area (Å²) in [6.45, 7) is 0. The lowest BCUT2D eigenvalue weighted by Crippen LogP contribution is -2.12. The van der Waals surface area contributed by atoms with E-state index in [0.717, 1.165) is 28.3 Å². The van der Waals surface area contributed by atoms with Gasteiger partial charge in [-0.1, -0.05) is 48.0 Å². The molecule has 0 saturated carbocycles. The fourth-order valence-electron chi connectivity index (χ4n) is 2.91. The van der Waals surface area contributed by atoms with Gasteiger partial charge < -0.3 is 0 Å². The number of hydrogen-bond donors (Lipinski definition) is 1. The van der Waals surface area contributed by atoms with Gasteiger partial charge in [-0.3, -0.25) is 10.1 Å². The van der Waals surface area contributed by atoms with E-state index in [1.54, 1.807) is 0 Å². The molecule has 3 aromatic carbocycles. The second kappa shape index (κ2) is 7.59. The van der Waals surface area contributed by atoms with E-state index in [1.807, 2.05) is 47.8 Å². The Balaban J connectivity index is 1.58. The van der Waals surface area contributed by atoms with Crippen molar-refractivity contribution in [2.24, 2.45) is 0 Å². The molecule has 4 aromatic rings. The van der Waals surface area contributed by atoms with Crippen molar-refractivity contribution in [3.63, 3.8) is 0 Å². The average Bonchev–Trinajstić information content (AvgIpc) is 3.15. The van der Waals surface area contributed by atoms with Crippen LogP contribution in [0.4, 0.5) is 5.13 Å². The molecule has 0 fully saturated rings. The van der Waals surface area contributed by atoms with E-state index < -0.39 is 15.7 Å². The first kappa shape index (κ1) is 19.6. The van der Waals surface area contributed by atoms with Crippen molar-refractivity contribution in [3.8, 4) is 11.3 Å². The topological polar surface area (TPSA) is 76.1 Å². The standard InChI is InChI=1S/C21H15ClN2O3S2/c1-29(26,27)19-11-16(8-9-17(19)22)20(25)24-21-23-18(12-28-21)15-7-6-13-4-2-3-5-14(13)10-15/h2-12H,1H3,(H,23,24,25). The van der Waals surface area contributed by atoms with Crippen LogP contribution in [-0.2, 0) is 9.84 Å². The number of halogens is 1. The van der Waals surface area contributed by atoms with E-state index in [-0.39, 0.29) is 15.5 Å². The van der Waals surface area contributed by atoms with E-state index >= 15 is 0 Å². The number of nitrogens with one attached hydrogen (secondary N) is 1. The van der Waals surface area contributed by atoms with E-state index in [2.05, 4.69) is 10.3 Å². The van der Waals surface area contributed by atoms with Crippen molar-refractivity contribution in [2.45, 2.75) is 4.90 Å². The summed E-state index contributed by atoms with van der Waals surface area (Å²) in [6.07, 6.45) is 1.05. The minimum absolute atomic E-state index is 0.0805. The Morgan fingerprint density at radius 2 is 1.79 bits per heavy atom. The van der Waals surface area contributed by atoms with Crippen LogP contribution in [0.5, 0.6) is 0 Å². The van der Waals surface area contributed by atoms with Crippen LogP contribution >= 0.6 is 22.9 Å². The van der Waals surface area contributed by atoms with Crippen molar-refractivity contribution in [2.75, 3.05) is 11.6 Å². The summed E-state index contributed by atoms with van der Waals surface area (Å²) in [5.41, 5.74) is 1.90. The Morgan fingerprint density at radius 1 is 1.03 bits per heavy atom. The average molecular weight is 443 g/mol. The largest absolute Gasteiger partial charge is 0.298 e. The second-order valence-electron chi connectivity index (χ2n) is 6.47. The van der Waals surface area contributed by atoms with Crippen LogP contribution in [0.2, 0.25) is 5.02 Å². The summed E-state index contributed by atoms with van der Waals surface area (Å²) in [5, 5.41) is 7.34. The number of aromatic nitrogens is 1. The van der Waals surface area contributed by atoms with Crippen molar-refractivity contribution in [1.82, 2.24) is 4.98 Å². The molecule has 29 heavy (non-hydrogen) atoms. The molecule has 4 rings (SSSR count). The van der Waals surface area contributed by atoms with E-state index in [9.17, 15) is 13.2 Å². The molecule has 0 aliphatic carbocycles. The van der Waals surface area contributed by atoms with Crippen molar-refractivity contribution >= 4 is 54.6 Å². The van der Waals surface area contributed by atoms with Gasteiger partial charge in [-0.25, -0.2) is 13.4 Å². The molecule has 0 spiro atoms. The first-order valence-corrected chi connectivity index (χ1v) is 11.7. The van der Waals surface area contributed by atoms with Crippen LogP contribution in [0, 0.1) is 0 Å². The lowest BCUT2D eigenvalue weighted by Gasteiger charge is -2.06. The number of amides is 1. The monoisotopic (exact) mass is 442 g/mol. The van der Waals surface area contributed by atoms with Gasteiger partial charge in [-0.15, -0.1) is 11.3 Å². The first-order chi connectivity index (χ1) is 13.8. The number of nitrogens with zero attached hydrogens (tertiary/aromatic N) is 1. The number of sulfone groups is 1. The quantitative estimate of drug-likeness (QED) is 0.467. The zero-order valence-corrected chi connectivity index (χ0v) is 17.6. The van der Waals surface area contributed by atoms with Crippen molar-refractivity contribution in [3.05, 3.63) is 76.6 Å². The maximum absolute atomic E-state index is 12.5. The zero-order chi connectivity index (χ0) is 20.6. The number of benzene rings is 3. The molecule has 1 amide bonds. The van der Waals surface area contributed by atoms with Crippen LogP contribution in [0.25, 0.3) is 22.0 Å². The molecule has 0 aliphatic rings. The third-order valence-electron chi connectivity index (χ3n) is 4.36. The zero-order valence-electron chi connectivity index (χ0n) is 15.2. The first-order valence-electron chi connectivity index (χ1n) is 8.57. The van der Waals surface area contributed by atoms with Crippen LogP contribution < -0.4 is 5.32 Å². The molecule has 0 bridgehead atoms. The Bertz CT molecular complexity index is 1350. The molecule has 1 aromatic heterocycles. The van der Waals surface area contributed by atoms with E-state index in [0.29, 0.717) is 5.13 Å². The van der Waals surface area contributed by atoms with Crippen LogP contribution in [0.3, 0.4) is 0 Å². The maximum atomic E-state index is 12.5. The van der Waals surface area contributed by atoms with Crippen molar-refractivity contribution < 1.29 is 13.2 Å². The third-order valence-corrected chi connectivity index (χ3v) is 6.70. The Labute approximate surface area is 176 Å². The fourth-order valence-corrected chi connectivity index (χ4v) is 4.93. The molecular formula is C21H15ClN2O3S2. The third kappa shape index (κ3) is 4.17. The van der Waals surface area contributed by atoms with Gasteiger partial charge in [0, 0.05) is 22.8 Å². The van der Waals surface area contributed by atoms with Gasteiger partial charge in [0.05, 0.1) is 15.6 Å². The number of carbonyl (C=O) groups is 1. The molecule has 0 atom stereocenters. The Morgan fingerprint density at radius 3 is 2.55 bits per heavy atom. The number of thiazole rings is 1. The molecule has 8 heteroatoms. The predicted molar refractivity (Wildman–Crippen MR) is 118 cm³/mol. The maximum Gasteiger partial charge on any atom is 0.257 e. The molecular weight excluding hydrogens is 428 g/mol. The number of hydrogen-bond acceptors (Lipinski definition) is 5. The minimum Gasteiger partial charge on any atom is -0.298 e. The van der Waals surface area contributed by atoms with Gasteiger partial charge in [-0.05, 0) is 35.0 Å². The summed E-state index contributed by atoms with van der Waals surface area (Å²) in [5.74, 6) is -0.453. The van der Waals surface area contributed by atoms with Gasteiger partial charge in [0.2, 0.25) is 0 Å². The molecule has 5 nitrogen and oxygen atoms in total. The predicted octanol–water partition coefficient (Wildman–Crippen LogP) is 5.27. The number of fused-ring (bicyclic) bond motifs is 1. The molecule has 0 saturated heterocycles. The van der Waals surface area contributed by atoms with Gasteiger partial charge in [0.1, 0.15) is 0 Å². The Kier molecular flexibility index (Phi) is 5.12. The molecule has 0 radical (unpaired) electrons. The minimum atomic E-state index is -3.54. The molecule has 146 valence electrons. The molecule has 0 unspecified atom stereocenters. The lowest BCUT2D eigenvalue weighted by molar-refractivity contribution is 0.102. The van der Waals surface area contributed by atoms with Gasteiger partial charge in [0.25, 0.3) is 5.91 Å². The lowest BCUT2D eigenvalue weighted by atomic mass is 10.1. The van der Waals surface area contributed by atoms with Gasteiger partial charge in [-0.2, -0.15) is 0 Å². The number of rotatable bonds is 4. The second-order valence-corrected chi connectivity index (χ2v) is 9.72. The summed E-state index contributed by atoms with van der Waals surface area (Å²) in [4.78, 5) is 16.9. The summed E-state index contributed by atoms with van der Waals surface area (Å²) in [7, 11) is -3.54. The highest BCUT2D eigenvalue weighted by Gasteiger charge is 2.17. The van der Waals surface area contributed by atoms with Gasteiger partial charge in [0.15, 0.2) is 15.0 Å². The fraction of sp³-hybridized carbons (Fsp3) is 0.0476. The highest BCUT2D eigenvalue weighted by atomic mass is 35.5. The number of carbonyl (C=O) groups excluding carboxylic acids is 1. The normalized spacial score (nSPS) is 11.5. The Hall–Kier alpha value is -2.74. The van der Waals surface area contributed by atoms with Crippen molar-refractivity contribution in [1.29, 1.82) is 0 Å². The van der Waals surface area contributed by atoms with E-state index in [4.69, 9.17) is 11.6 Å². The van der Waals surface area contributed by atoms with Crippen LogP contribution in [0.1, 0.15) is 10.4 Å².